The van der Waals surface area contributed by atoms with Crippen molar-refractivity contribution in [1.82, 2.24) is 10.2 Å². The van der Waals surface area contributed by atoms with Crippen LogP contribution in [0.1, 0.15) is 20.8 Å². The first-order chi connectivity index (χ1) is 12.4. The minimum atomic E-state index is -5.80. The van der Waals surface area contributed by atoms with Crippen molar-refractivity contribution in [3.8, 4) is 0 Å². The van der Waals surface area contributed by atoms with Crippen LogP contribution < -0.4 is 11.1 Å². The number of amides is 2. The number of thioether (sulfide) groups is 1. The van der Waals surface area contributed by atoms with E-state index in [4.69, 9.17) is 10.5 Å². The number of ether oxygens (including phenoxy) is 1. The van der Waals surface area contributed by atoms with Crippen molar-refractivity contribution in [3.63, 3.8) is 0 Å². The van der Waals surface area contributed by atoms with Gasteiger partial charge in [-0.05, 0) is 13.8 Å². The van der Waals surface area contributed by atoms with E-state index in [1.165, 1.54) is 10.2 Å². The third kappa shape index (κ3) is 5.47. The molecule has 0 aromatic heterocycles. The lowest BCUT2D eigenvalue weighted by molar-refractivity contribution is -0.278. The van der Waals surface area contributed by atoms with Gasteiger partial charge < -0.3 is 20.7 Å². The summed E-state index contributed by atoms with van der Waals surface area (Å²) in [5, 5.41) is 0.905. The Morgan fingerprint density at radius 1 is 1.33 bits per heavy atom. The first kappa shape index (κ1) is 23.5. The quantitative estimate of drug-likeness (QED) is 0.465. The summed E-state index contributed by atoms with van der Waals surface area (Å²) in [4.78, 5) is 25.6. The number of carbonyl (C=O) groups is 2. The number of rotatable bonds is 8. The summed E-state index contributed by atoms with van der Waals surface area (Å²) in [6, 6.07) is 0. The van der Waals surface area contributed by atoms with Crippen LogP contribution in [0.5, 0.6) is 0 Å². The highest BCUT2D eigenvalue weighted by atomic mass is 32.2. The summed E-state index contributed by atoms with van der Waals surface area (Å²) in [5.41, 5.74) is 5.06. The predicted molar refractivity (Wildman–Crippen MR) is 89.6 cm³/mol. The Balaban J connectivity index is 2.94. The molecule has 1 saturated heterocycles. The van der Waals surface area contributed by atoms with Gasteiger partial charge in [-0.3, -0.25) is 9.59 Å². The minimum absolute atomic E-state index is 0.0312. The summed E-state index contributed by atoms with van der Waals surface area (Å²) in [6.45, 7) is 4.13. The Hall–Kier alpha value is -1.56. The fourth-order valence-electron chi connectivity index (χ4n) is 2.23. The zero-order valence-corrected chi connectivity index (χ0v) is 15.8. The maximum absolute atomic E-state index is 12.9. The maximum atomic E-state index is 12.9. The number of nitrogens with zero attached hydrogens (tertiary/aromatic N) is 1. The predicted octanol–water partition coefficient (Wildman–Crippen LogP) is 2.06. The molecule has 12 heteroatoms. The molecule has 0 radical (unpaired) electrons. The van der Waals surface area contributed by atoms with Crippen LogP contribution in [0.2, 0.25) is 0 Å². The van der Waals surface area contributed by atoms with E-state index in [0.29, 0.717) is 6.61 Å². The first-order valence-corrected chi connectivity index (χ1v) is 9.03. The first-order valence-electron chi connectivity index (χ1n) is 8.15. The molecule has 2 unspecified atom stereocenters. The van der Waals surface area contributed by atoms with Gasteiger partial charge in [0.05, 0.1) is 18.4 Å². The van der Waals surface area contributed by atoms with Gasteiger partial charge >= 0.3 is 12.1 Å². The Kier molecular flexibility index (Phi) is 7.90. The number of alkyl halides is 5. The van der Waals surface area contributed by atoms with Gasteiger partial charge in [0.25, 0.3) is 5.91 Å². The summed E-state index contributed by atoms with van der Waals surface area (Å²) >= 11 is 0.966. The average molecular weight is 419 g/mol. The van der Waals surface area contributed by atoms with Crippen LogP contribution in [0.3, 0.4) is 0 Å². The molecule has 27 heavy (non-hydrogen) atoms. The van der Waals surface area contributed by atoms with Crippen LogP contribution in [-0.4, -0.2) is 60.4 Å². The van der Waals surface area contributed by atoms with E-state index in [1.54, 1.807) is 20.8 Å². The number of hydrogen-bond acceptors (Lipinski definition) is 5. The fraction of sp³-hybridized carbons (Fsp3) is 0.733. The topological polar surface area (TPSA) is 84.7 Å². The molecule has 1 fully saturated rings. The molecular weight excluding hydrogens is 397 g/mol. The molecule has 1 rings (SSSR count). The largest absolute Gasteiger partial charge is 0.455 e. The van der Waals surface area contributed by atoms with E-state index in [2.05, 4.69) is 0 Å². The van der Waals surface area contributed by atoms with Crippen molar-refractivity contribution < 1.29 is 36.3 Å². The molecule has 3 N–H and O–H groups in total. The van der Waals surface area contributed by atoms with Gasteiger partial charge in [0.2, 0.25) is 5.91 Å². The average Bonchev–Trinajstić information content (AvgIpc) is 2.92. The minimum Gasteiger partial charge on any atom is -0.392 e. The van der Waals surface area contributed by atoms with Crippen molar-refractivity contribution in [2.45, 2.75) is 38.1 Å². The summed E-state index contributed by atoms with van der Waals surface area (Å²) in [7, 11) is 0. The molecule has 0 spiro atoms. The number of nitrogens with one attached hydrogen (secondary N) is 1. The van der Waals surface area contributed by atoms with E-state index in [9.17, 15) is 31.5 Å². The van der Waals surface area contributed by atoms with Gasteiger partial charge in [-0.25, -0.2) is 0 Å². The van der Waals surface area contributed by atoms with Crippen molar-refractivity contribution >= 4 is 23.6 Å². The molecule has 0 aliphatic carbocycles. The van der Waals surface area contributed by atoms with Crippen molar-refractivity contribution in [2.24, 2.45) is 11.7 Å². The fourth-order valence-corrected chi connectivity index (χ4v) is 3.58. The van der Waals surface area contributed by atoms with Crippen LogP contribution in [0.15, 0.2) is 10.7 Å². The third-order valence-corrected chi connectivity index (χ3v) is 5.36. The second-order valence-corrected chi connectivity index (χ2v) is 6.99. The van der Waals surface area contributed by atoms with Crippen LogP contribution in [0.25, 0.3) is 0 Å². The molecule has 2 atom stereocenters. The molecule has 1 aliphatic heterocycles. The Labute approximate surface area is 157 Å². The molecule has 0 saturated carbocycles. The normalized spacial score (nSPS) is 21.4. The maximum Gasteiger partial charge on any atom is 0.455 e. The lowest BCUT2D eigenvalue weighted by Crippen LogP contribution is -2.47. The van der Waals surface area contributed by atoms with Crippen LogP contribution in [0, 0.1) is 5.92 Å². The standard InChI is InChI=1S/C15H22F5N3O3S/c1-4-23-12(25)10(8(3)6-26-5-2)27-13(23)9(21)11(24)22-7-14(16,17)15(18,19)20/h8,10H,4-7,21H2,1-3H3,(H,22,24)/b13-9+. The molecule has 156 valence electrons. The lowest BCUT2D eigenvalue weighted by atomic mass is 10.1. The highest BCUT2D eigenvalue weighted by molar-refractivity contribution is 8.04. The molecule has 6 nitrogen and oxygen atoms in total. The number of hydrogen-bond donors (Lipinski definition) is 2. The molecule has 0 aromatic carbocycles. The monoisotopic (exact) mass is 419 g/mol. The van der Waals surface area contributed by atoms with E-state index in [1.807, 2.05) is 0 Å². The lowest BCUT2D eigenvalue weighted by Gasteiger charge is -2.20. The second kappa shape index (κ2) is 9.09. The third-order valence-electron chi connectivity index (χ3n) is 3.77. The van der Waals surface area contributed by atoms with Crippen LogP contribution in [-0.2, 0) is 14.3 Å². The number of halogens is 5. The van der Waals surface area contributed by atoms with Gasteiger partial charge in [-0.15, -0.1) is 0 Å². The van der Waals surface area contributed by atoms with Gasteiger partial charge in [0.1, 0.15) is 10.7 Å². The molecular formula is C15H22F5N3O3S. The zero-order valence-electron chi connectivity index (χ0n) is 15.0. The van der Waals surface area contributed by atoms with Crippen molar-refractivity contribution in [3.05, 3.63) is 10.7 Å². The Morgan fingerprint density at radius 3 is 2.41 bits per heavy atom. The van der Waals surface area contributed by atoms with E-state index in [-0.39, 0.29) is 30.0 Å². The SMILES string of the molecule is CCOCC(C)C1S/C(=C(/N)C(=O)NCC(F)(F)C(F)(F)F)N(CC)C1=O. The van der Waals surface area contributed by atoms with Crippen molar-refractivity contribution in [2.75, 3.05) is 26.3 Å². The highest BCUT2D eigenvalue weighted by Crippen LogP contribution is 2.40. The second-order valence-electron chi connectivity index (χ2n) is 5.86. The van der Waals surface area contributed by atoms with Gasteiger partial charge in [0.15, 0.2) is 0 Å². The molecule has 1 aliphatic rings. The molecule has 0 aromatic rings. The summed E-state index contributed by atoms with van der Waals surface area (Å²) in [5.74, 6) is -6.95. The van der Waals surface area contributed by atoms with E-state index >= 15 is 0 Å². The van der Waals surface area contributed by atoms with Crippen LogP contribution in [0.4, 0.5) is 22.0 Å². The van der Waals surface area contributed by atoms with Crippen LogP contribution >= 0.6 is 11.8 Å². The van der Waals surface area contributed by atoms with E-state index < -0.39 is 35.5 Å². The van der Waals surface area contributed by atoms with Gasteiger partial charge in [0, 0.05) is 19.1 Å². The van der Waals surface area contributed by atoms with Crippen molar-refractivity contribution in [1.29, 1.82) is 0 Å². The van der Waals surface area contributed by atoms with E-state index in [0.717, 1.165) is 11.8 Å². The molecule has 0 bridgehead atoms. The Morgan fingerprint density at radius 2 is 1.93 bits per heavy atom. The zero-order chi connectivity index (χ0) is 21.0. The summed E-state index contributed by atoms with van der Waals surface area (Å²) in [6.07, 6.45) is -5.80. The smallest absolute Gasteiger partial charge is 0.392 e. The highest BCUT2D eigenvalue weighted by Gasteiger charge is 2.57. The summed E-state index contributed by atoms with van der Waals surface area (Å²) < 4.78 is 67.7. The number of nitrogens with two attached hydrogens (primary N) is 1. The molecule has 2 amide bonds. The van der Waals surface area contributed by atoms with Gasteiger partial charge in [-0.1, -0.05) is 18.7 Å². The Bertz CT molecular complexity index is 598. The number of carbonyl (C=O) groups excluding carboxylic acids is 2. The molecule has 1 heterocycles. The van der Waals surface area contributed by atoms with Gasteiger partial charge in [-0.2, -0.15) is 22.0 Å².